The van der Waals surface area contributed by atoms with Gasteiger partial charge in [0.05, 0.1) is 6.10 Å². The topological polar surface area (TPSA) is 70.1 Å². The summed E-state index contributed by atoms with van der Waals surface area (Å²) in [6, 6.07) is 1.62. The largest absolute Gasteiger partial charge is 0.383 e. The number of rotatable bonds is 2. The van der Waals surface area contributed by atoms with Crippen LogP contribution >= 0.6 is 0 Å². The molecule has 0 aliphatic carbocycles. The van der Waals surface area contributed by atoms with Gasteiger partial charge in [0.25, 0.3) is 0 Å². The number of nitrogen functional groups attached to an aromatic ring is 1. The molecule has 1 aliphatic heterocycles. The lowest BCUT2D eigenvalue weighted by atomic mass is 10.2. The van der Waals surface area contributed by atoms with Crippen LogP contribution in [0.5, 0.6) is 0 Å². The van der Waals surface area contributed by atoms with Gasteiger partial charge in [0.15, 0.2) is 0 Å². The molecule has 1 aliphatic rings. The van der Waals surface area contributed by atoms with Gasteiger partial charge in [0, 0.05) is 6.20 Å². The number of nitrogens with two attached hydrogens (primary N) is 1. The molecule has 2 rings (SSSR count). The van der Waals surface area contributed by atoms with Crippen LogP contribution < -0.4 is 11.4 Å². The summed E-state index contributed by atoms with van der Waals surface area (Å²) in [5.41, 5.74) is 5.08. The second-order valence-corrected chi connectivity index (χ2v) is 3.74. The Kier molecular flexibility index (Phi) is 2.73. The van der Waals surface area contributed by atoms with Gasteiger partial charge in [-0.25, -0.2) is 4.79 Å². The highest BCUT2D eigenvalue weighted by molar-refractivity contribution is 5.23. The van der Waals surface area contributed by atoms with Gasteiger partial charge in [-0.1, -0.05) is 6.92 Å². The predicted molar refractivity (Wildman–Crippen MR) is 56.3 cm³/mol. The number of aromatic nitrogens is 2. The molecule has 0 amide bonds. The molecule has 0 radical (unpaired) electrons. The average molecular weight is 209 g/mol. The molecule has 1 saturated heterocycles. The van der Waals surface area contributed by atoms with E-state index < -0.39 is 0 Å². The SMILES string of the molecule is CC[C@@H]1CC[C@H](n2ccc(N)nc2=O)O1. The second kappa shape index (κ2) is 4.02. The first-order valence-electron chi connectivity index (χ1n) is 5.21. The Labute approximate surface area is 87.9 Å². The number of hydrogen-bond donors (Lipinski definition) is 1. The molecule has 0 spiro atoms. The molecule has 1 aromatic heterocycles. The van der Waals surface area contributed by atoms with E-state index in [9.17, 15) is 4.79 Å². The molecule has 2 atom stereocenters. The summed E-state index contributed by atoms with van der Waals surface area (Å²) in [5.74, 6) is 0.251. The molecule has 0 unspecified atom stereocenters. The molecule has 0 aromatic carbocycles. The summed E-state index contributed by atoms with van der Waals surface area (Å²) in [4.78, 5) is 15.2. The zero-order chi connectivity index (χ0) is 10.8. The van der Waals surface area contributed by atoms with Crippen molar-refractivity contribution >= 4 is 5.82 Å². The van der Waals surface area contributed by atoms with Crippen molar-refractivity contribution in [2.45, 2.75) is 38.5 Å². The van der Waals surface area contributed by atoms with E-state index in [1.807, 2.05) is 0 Å². The van der Waals surface area contributed by atoms with E-state index in [2.05, 4.69) is 11.9 Å². The van der Waals surface area contributed by atoms with Gasteiger partial charge in [-0.3, -0.25) is 4.57 Å². The molecule has 15 heavy (non-hydrogen) atoms. The fraction of sp³-hybridized carbons (Fsp3) is 0.600. The average Bonchev–Trinajstić information content (AvgIpc) is 2.66. The van der Waals surface area contributed by atoms with E-state index in [0.29, 0.717) is 0 Å². The third-order valence-corrected chi connectivity index (χ3v) is 2.70. The van der Waals surface area contributed by atoms with Gasteiger partial charge >= 0.3 is 5.69 Å². The highest BCUT2D eigenvalue weighted by Gasteiger charge is 2.25. The van der Waals surface area contributed by atoms with E-state index in [0.717, 1.165) is 19.3 Å². The Morgan fingerprint density at radius 1 is 1.67 bits per heavy atom. The Bertz CT molecular complexity index is 402. The minimum Gasteiger partial charge on any atom is -0.383 e. The van der Waals surface area contributed by atoms with E-state index in [-0.39, 0.29) is 23.8 Å². The predicted octanol–water partition coefficient (Wildman–Crippen LogP) is 0.913. The first-order valence-corrected chi connectivity index (χ1v) is 5.21. The maximum atomic E-state index is 11.5. The third kappa shape index (κ3) is 2.02. The first kappa shape index (κ1) is 10.2. The van der Waals surface area contributed by atoms with Crippen LogP contribution in [-0.4, -0.2) is 15.7 Å². The van der Waals surface area contributed by atoms with Crippen LogP contribution in [0.4, 0.5) is 5.82 Å². The van der Waals surface area contributed by atoms with E-state index in [4.69, 9.17) is 10.5 Å². The van der Waals surface area contributed by atoms with Crippen molar-refractivity contribution in [1.82, 2.24) is 9.55 Å². The van der Waals surface area contributed by atoms with Crippen LogP contribution in [0.1, 0.15) is 32.4 Å². The third-order valence-electron chi connectivity index (χ3n) is 2.70. The molecule has 0 saturated carbocycles. The summed E-state index contributed by atoms with van der Waals surface area (Å²) in [6.45, 7) is 2.08. The van der Waals surface area contributed by atoms with Crippen LogP contribution in [-0.2, 0) is 4.74 Å². The lowest BCUT2D eigenvalue weighted by Crippen LogP contribution is -2.27. The number of hydrogen-bond acceptors (Lipinski definition) is 4. The molecule has 1 aromatic rings. The van der Waals surface area contributed by atoms with Crippen molar-refractivity contribution in [2.75, 3.05) is 5.73 Å². The summed E-state index contributed by atoms with van der Waals surface area (Å²) in [7, 11) is 0. The number of ether oxygens (including phenoxy) is 1. The van der Waals surface area contributed by atoms with Crippen LogP contribution in [0.25, 0.3) is 0 Å². The van der Waals surface area contributed by atoms with Gasteiger partial charge in [0.2, 0.25) is 0 Å². The normalized spacial score (nSPS) is 25.7. The van der Waals surface area contributed by atoms with Gasteiger partial charge < -0.3 is 10.5 Å². The maximum absolute atomic E-state index is 11.5. The van der Waals surface area contributed by atoms with Crippen molar-refractivity contribution in [3.05, 3.63) is 22.7 Å². The molecule has 5 nitrogen and oxygen atoms in total. The Hall–Kier alpha value is -1.36. The summed E-state index contributed by atoms with van der Waals surface area (Å²) in [5, 5.41) is 0. The van der Waals surface area contributed by atoms with Crippen molar-refractivity contribution in [1.29, 1.82) is 0 Å². The monoisotopic (exact) mass is 209 g/mol. The standard InChI is InChI=1S/C10H15N3O2/c1-2-7-3-4-9(15-7)13-6-5-8(11)12-10(13)14/h5-7,9H,2-4H2,1H3,(H2,11,12,14)/t7-,9-/m1/s1. The highest BCUT2D eigenvalue weighted by Crippen LogP contribution is 2.28. The fourth-order valence-corrected chi connectivity index (χ4v) is 1.84. The molecule has 1 fully saturated rings. The molecule has 82 valence electrons. The summed E-state index contributed by atoms with van der Waals surface area (Å²) in [6.07, 6.45) is 4.58. The zero-order valence-electron chi connectivity index (χ0n) is 8.72. The first-order chi connectivity index (χ1) is 7.20. The minimum atomic E-state index is -0.336. The fourth-order valence-electron chi connectivity index (χ4n) is 1.84. The molecule has 2 heterocycles. The smallest absolute Gasteiger partial charge is 0.351 e. The quantitative estimate of drug-likeness (QED) is 0.786. The molecule has 0 bridgehead atoms. The number of nitrogens with zero attached hydrogens (tertiary/aromatic N) is 2. The van der Waals surface area contributed by atoms with Gasteiger partial charge in [-0.2, -0.15) is 4.98 Å². The maximum Gasteiger partial charge on any atom is 0.351 e. The second-order valence-electron chi connectivity index (χ2n) is 3.74. The van der Waals surface area contributed by atoms with Crippen LogP contribution in [0, 0.1) is 0 Å². The van der Waals surface area contributed by atoms with Crippen molar-refractivity contribution in [3.63, 3.8) is 0 Å². The molecule has 2 N–H and O–H groups in total. The van der Waals surface area contributed by atoms with Crippen molar-refractivity contribution in [3.8, 4) is 0 Å². The lowest BCUT2D eigenvalue weighted by Gasteiger charge is -2.14. The number of anilines is 1. The van der Waals surface area contributed by atoms with E-state index in [1.54, 1.807) is 12.3 Å². The summed E-state index contributed by atoms with van der Waals surface area (Å²) < 4.78 is 7.21. The van der Waals surface area contributed by atoms with Gasteiger partial charge in [-0.05, 0) is 25.3 Å². The van der Waals surface area contributed by atoms with Gasteiger partial charge in [-0.15, -0.1) is 0 Å². The van der Waals surface area contributed by atoms with Crippen LogP contribution in [0.3, 0.4) is 0 Å². The summed E-state index contributed by atoms with van der Waals surface area (Å²) >= 11 is 0. The van der Waals surface area contributed by atoms with Gasteiger partial charge in [0.1, 0.15) is 12.0 Å². The molecular formula is C10H15N3O2. The molecule has 5 heteroatoms. The van der Waals surface area contributed by atoms with E-state index in [1.165, 1.54) is 4.57 Å². The Balaban J connectivity index is 2.20. The molecular weight excluding hydrogens is 194 g/mol. The van der Waals surface area contributed by atoms with Crippen molar-refractivity contribution < 1.29 is 4.74 Å². The van der Waals surface area contributed by atoms with Crippen LogP contribution in [0.15, 0.2) is 17.1 Å². The minimum absolute atomic E-state index is 0.171. The Morgan fingerprint density at radius 3 is 3.07 bits per heavy atom. The van der Waals surface area contributed by atoms with Crippen LogP contribution in [0.2, 0.25) is 0 Å². The lowest BCUT2D eigenvalue weighted by molar-refractivity contribution is -0.00188. The highest BCUT2D eigenvalue weighted by atomic mass is 16.5. The Morgan fingerprint density at radius 2 is 2.47 bits per heavy atom. The zero-order valence-corrected chi connectivity index (χ0v) is 8.72. The van der Waals surface area contributed by atoms with Crippen molar-refractivity contribution in [2.24, 2.45) is 0 Å². The van der Waals surface area contributed by atoms with E-state index >= 15 is 0 Å².